The number of carbonyl (C=O) groups excluding carboxylic acids is 1. The number of nitrogens with one attached hydrogen (secondary N) is 1. The third kappa shape index (κ3) is 2.21. The summed E-state index contributed by atoms with van der Waals surface area (Å²) in [4.78, 5) is 10.7. The van der Waals surface area contributed by atoms with Gasteiger partial charge in [-0.1, -0.05) is 0 Å². The molecule has 0 aliphatic carbocycles. The summed E-state index contributed by atoms with van der Waals surface area (Å²) in [6.07, 6.45) is 4.28. The lowest BCUT2D eigenvalue weighted by atomic mass is 10.2. The second-order valence-electron chi connectivity index (χ2n) is 3.71. The molecule has 1 amide bonds. The maximum atomic E-state index is 13.1. The van der Waals surface area contributed by atoms with E-state index in [0.29, 0.717) is 13.0 Å². The van der Waals surface area contributed by atoms with Crippen LogP contribution in [-0.2, 0) is 11.2 Å². The normalized spacial score (nSPS) is 10.6. The van der Waals surface area contributed by atoms with Crippen molar-refractivity contribution in [2.75, 3.05) is 6.54 Å². The van der Waals surface area contributed by atoms with Crippen molar-refractivity contribution in [2.24, 2.45) is 0 Å². The van der Waals surface area contributed by atoms with E-state index < -0.39 is 0 Å². The molecule has 0 spiro atoms. The molecule has 4 heteroatoms. The predicted octanol–water partition coefficient (Wildman–Crippen LogP) is 1.76. The standard InChI is InChI=1S/C12H13FN2O/c1-9(16)14-5-2-10-3-6-15-7-4-11(13)8-12(10)15/h3-4,6-8H,2,5H2,1H3,(H,14,16). The first-order valence-corrected chi connectivity index (χ1v) is 5.16. The van der Waals surface area contributed by atoms with E-state index in [4.69, 9.17) is 0 Å². The number of nitrogens with zero attached hydrogens (tertiary/aromatic N) is 1. The number of halogens is 1. The predicted molar refractivity (Wildman–Crippen MR) is 59.7 cm³/mol. The van der Waals surface area contributed by atoms with Gasteiger partial charge in [0, 0.05) is 25.9 Å². The van der Waals surface area contributed by atoms with Gasteiger partial charge in [-0.15, -0.1) is 0 Å². The zero-order valence-electron chi connectivity index (χ0n) is 9.03. The van der Waals surface area contributed by atoms with Crippen LogP contribution >= 0.6 is 0 Å². The summed E-state index contributed by atoms with van der Waals surface area (Å²) in [5, 5.41) is 2.72. The number of aromatic nitrogens is 1. The van der Waals surface area contributed by atoms with E-state index in [9.17, 15) is 9.18 Å². The number of fused-ring (bicyclic) bond motifs is 1. The largest absolute Gasteiger partial charge is 0.356 e. The summed E-state index contributed by atoms with van der Waals surface area (Å²) in [5.41, 5.74) is 1.89. The van der Waals surface area contributed by atoms with E-state index in [1.54, 1.807) is 6.20 Å². The third-order valence-electron chi connectivity index (χ3n) is 2.48. The van der Waals surface area contributed by atoms with Gasteiger partial charge >= 0.3 is 0 Å². The van der Waals surface area contributed by atoms with Crippen molar-refractivity contribution >= 4 is 11.4 Å². The van der Waals surface area contributed by atoms with Gasteiger partial charge in [0.25, 0.3) is 0 Å². The maximum absolute atomic E-state index is 13.1. The fourth-order valence-electron chi connectivity index (χ4n) is 1.71. The smallest absolute Gasteiger partial charge is 0.216 e. The Bertz CT molecular complexity index is 519. The molecule has 0 radical (unpaired) electrons. The maximum Gasteiger partial charge on any atom is 0.216 e. The minimum Gasteiger partial charge on any atom is -0.356 e. The van der Waals surface area contributed by atoms with Gasteiger partial charge in [0.1, 0.15) is 5.82 Å². The molecule has 0 atom stereocenters. The summed E-state index contributed by atoms with van der Waals surface area (Å²) in [5.74, 6) is -0.290. The lowest BCUT2D eigenvalue weighted by Crippen LogP contribution is -2.22. The van der Waals surface area contributed by atoms with Crippen LogP contribution in [0.5, 0.6) is 0 Å². The molecule has 0 fully saturated rings. The summed E-state index contributed by atoms with van der Waals surface area (Å²) < 4.78 is 14.9. The SMILES string of the molecule is CC(=O)NCCc1ccn2ccc(F)cc12. The first-order valence-electron chi connectivity index (χ1n) is 5.16. The van der Waals surface area contributed by atoms with E-state index in [2.05, 4.69) is 5.32 Å². The lowest BCUT2D eigenvalue weighted by molar-refractivity contribution is -0.118. The molecule has 1 N–H and O–H groups in total. The van der Waals surface area contributed by atoms with Gasteiger partial charge in [0.15, 0.2) is 0 Å². The first-order chi connectivity index (χ1) is 7.66. The second kappa shape index (κ2) is 4.35. The molecule has 2 aromatic heterocycles. The van der Waals surface area contributed by atoms with Gasteiger partial charge in [-0.3, -0.25) is 4.79 Å². The number of pyridine rings is 1. The Balaban J connectivity index is 2.17. The summed E-state index contributed by atoms with van der Waals surface area (Å²) in [7, 11) is 0. The Labute approximate surface area is 92.9 Å². The lowest BCUT2D eigenvalue weighted by Gasteiger charge is -2.02. The molecule has 0 aliphatic heterocycles. The Morgan fingerprint density at radius 1 is 1.44 bits per heavy atom. The van der Waals surface area contributed by atoms with Gasteiger partial charge < -0.3 is 9.72 Å². The van der Waals surface area contributed by atoms with Crippen molar-refractivity contribution in [3.8, 4) is 0 Å². The average molecular weight is 220 g/mol. The Morgan fingerprint density at radius 2 is 2.19 bits per heavy atom. The molecule has 16 heavy (non-hydrogen) atoms. The van der Waals surface area contributed by atoms with Gasteiger partial charge in [-0.05, 0) is 30.2 Å². The number of amides is 1. The van der Waals surface area contributed by atoms with Crippen LogP contribution in [0.25, 0.3) is 5.52 Å². The molecule has 2 heterocycles. The molecule has 0 saturated carbocycles. The second-order valence-corrected chi connectivity index (χ2v) is 3.71. The Kier molecular flexibility index (Phi) is 2.90. The van der Waals surface area contributed by atoms with Crippen LogP contribution in [-0.4, -0.2) is 16.9 Å². The zero-order chi connectivity index (χ0) is 11.5. The fourth-order valence-corrected chi connectivity index (χ4v) is 1.71. The molecule has 84 valence electrons. The molecular formula is C12H13FN2O. The van der Waals surface area contributed by atoms with Gasteiger partial charge in [-0.25, -0.2) is 4.39 Å². The molecule has 0 saturated heterocycles. The van der Waals surface area contributed by atoms with E-state index in [0.717, 1.165) is 11.1 Å². The van der Waals surface area contributed by atoms with Crippen molar-refractivity contribution in [1.82, 2.24) is 9.72 Å². The highest BCUT2D eigenvalue weighted by atomic mass is 19.1. The highest BCUT2D eigenvalue weighted by Crippen LogP contribution is 2.14. The van der Waals surface area contributed by atoms with Crippen LogP contribution < -0.4 is 5.32 Å². The highest BCUT2D eigenvalue weighted by molar-refractivity contribution is 5.72. The molecule has 0 bridgehead atoms. The monoisotopic (exact) mass is 220 g/mol. The number of rotatable bonds is 3. The van der Waals surface area contributed by atoms with Crippen molar-refractivity contribution in [3.63, 3.8) is 0 Å². The molecule has 2 aromatic rings. The van der Waals surface area contributed by atoms with E-state index in [-0.39, 0.29) is 11.7 Å². The van der Waals surface area contributed by atoms with Crippen LogP contribution in [0.4, 0.5) is 4.39 Å². The highest BCUT2D eigenvalue weighted by Gasteiger charge is 2.03. The molecular weight excluding hydrogens is 207 g/mol. The summed E-state index contributed by atoms with van der Waals surface area (Å²) in [6.45, 7) is 2.06. The summed E-state index contributed by atoms with van der Waals surface area (Å²) >= 11 is 0. The minimum absolute atomic E-state index is 0.0466. The molecule has 0 aromatic carbocycles. The van der Waals surface area contributed by atoms with Crippen molar-refractivity contribution < 1.29 is 9.18 Å². The summed E-state index contributed by atoms with van der Waals surface area (Å²) in [6, 6.07) is 4.87. The van der Waals surface area contributed by atoms with Crippen molar-refractivity contribution in [3.05, 3.63) is 42.0 Å². The van der Waals surface area contributed by atoms with E-state index >= 15 is 0 Å². The van der Waals surface area contributed by atoms with Gasteiger partial charge in [-0.2, -0.15) is 0 Å². The quantitative estimate of drug-likeness (QED) is 0.840. The first kappa shape index (κ1) is 10.7. The van der Waals surface area contributed by atoms with Crippen molar-refractivity contribution in [1.29, 1.82) is 0 Å². The Hall–Kier alpha value is -1.84. The number of carbonyl (C=O) groups is 1. The van der Waals surface area contributed by atoms with Crippen LogP contribution in [0.3, 0.4) is 0 Å². The van der Waals surface area contributed by atoms with Crippen molar-refractivity contribution in [2.45, 2.75) is 13.3 Å². The number of hydrogen-bond acceptors (Lipinski definition) is 1. The topological polar surface area (TPSA) is 33.5 Å². The molecule has 0 unspecified atom stereocenters. The van der Waals surface area contributed by atoms with E-state index in [1.165, 1.54) is 19.1 Å². The van der Waals surface area contributed by atoms with Crippen LogP contribution in [0.2, 0.25) is 0 Å². The van der Waals surface area contributed by atoms with Crippen LogP contribution in [0.15, 0.2) is 30.6 Å². The minimum atomic E-state index is -0.244. The molecule has 2 rings (SSSR count). The molecule has 3 nitrogen and oxygen atoms in total. The van der Waals surface area contributed by atoms with Gasteiger partial charge in [0.05, 0.1) is 5.52 Å². The number of hydrogen-bond donors (Lipinski definition) is 1. The Morgan fingerprint density at radius 3 is 2.94 bits per heavy atom. The molecule has 0 aliphatic rings. The average Bonchev–Trinajstić information content (AvgIpc) is 2.60. The fraction of sp³-hybridized carbons (Fsp3) is 0.250. The van der Waals surface area contributed by atoms with E-state index in [1.807, 2.05) is 16.7 Å². The van der Waals surface area contributed by atoms with Crippen LogP contribution in [0, 0.1) is 5.82 Å². The van der Waals surface area contributed by atoms with Crippen LogP contribution in [0.1, 0.15) is 12.5 Å². The third-order valence-corrected chi connectivity index (χ3v) is 2.48. The zero-order valence-corrected chi connectivity index (χ0v) is 9.03. The van der Waals surface area contributed by atoms with Gasteiger partial charge in [0.2, 0.25) is 5.91 Å².